The first-order valence-corrected chi connectivity index (χ1v) is 14.3. The molecule has 0 bridgehead atoms. The van der Waals surface area contributed by atoms with Gasteiger partial charge < -0.3 is 15.2 Å². The summed E-state index contributed by atoms with van der Waals surface area (Å²) in [6.07, 6.45) is 11.3. The fourth-order valence-corrected chi connectivity index (χ4v) is 5.91. The van der Waals surface area contributed by atoms with E-state index in [-0.39, 0.29) is 18.2 Å². The van der Waals surface area contributed by atoms with Gasteiger partial charge in [0.25, 0.3) is 0 Å². The van der Waals surface area contributed by atoms with Gasteiger partial charge in [-0.3, -0.25) is 0 Å². The summed E-state index contributed by atoms with van der Waals surface area (Å²) >= 11 is 0. The van der Waals surface area contributed by atoms with E-state index in [1.54, 1.807) is 6.20 Å². The maximum Gasteiger partial charge on any atom is 0.224 e. The van der Waals surface area contributed by atoms with Crippen molar-refractivity contribution >= 4 is 26.9 Å². The number of rotatable bonds is 8. The molecular formula is C24H37N5O4S. The van der Waals surface area contributed by atoms with Crippen molar-refractivity contribution in [3.63, 3.8) is 0 Å². The highest BCUT2D eigenvalue weighted by Gasteiger charge is 2.28. The Morgan fingerprint density at radius 2 is 1.85 bits per heavy atom. The van der Waals surface area contributed by atoms with Gasteiger partial charge in [0.15, 0.2) is 0 Å². The largest absolute Gasteiger partial charge is 0.474 e. The third kappa shape index (κ3) is 5.95. The summed E-state index contributed by atoms with van der Waals surface area (Å²) in [5, 5.41) is 14.2. The summed E-state index contributed by atoms with van der Waals surface area (Å²) in [6, 6.07) is 0.272. The number of anilines is 1. The molecule has 2 N–H and O–H groups in total. The molecule has 2 aromatic rings. The Morgan fingerprint density at radius 1 is 1.15 bits per heavy atom. The van der Waals surface area contributed by atoms with Crippen LogP contribution in [0.5, 0.6) is 5.88 Å². The summed E-state index contributed by atoms with van der Waals surface area (Å²) in [5.74, 6) is 1.39. The molecule has 1 atom stereocenters. The molecule has 2 aromatic heterocycles. The number of sulfonamides is 1. The fraction of sp³-hybridized carbons (Fsp3) is 0.708. The first kappa shape index (κ1) is 25.1. The molecule has 1 aliphatic carbocycles. The predicted molar refractivity (Wildman–Crippen MR) is 133 cm³/mol. The second-order valence-electron chi connectivity index (χ2n) is 9.79. The van der Waals surface area contributed by atoms with Crippen molar-refractivity contribution in [3.8, 4) is 5.88 Å². The zero-order chi connectivity index (χ0) is 24.3. The average molecular weight is 492 g/mol. The van der Waals surface area contributed by atoms with Crippen LogP contribution in [0.15, 0.2) is 12.4 Å². The second kappa shape index (κ2) is 10.7. The summed E-state index contributed by atoms with van der Waals surface area (Å²) in [5.41, 5.74) is 1.93. The Bertz CT molecular complexity index is 1080. The summed E-state index contributed by atoms with van der Waals surface area (Å²) in [6.45, 7) is 5.18. The molecule has 188 valence electrons. The molecule has 0 spiro atoms. The van der Waals surface area contributed by atoms with Crippen molar-refractivity contribution < 1.29 is 18.3 Å². The Morgan fingerprint density at radius 3 is 2.50 bits per heavy atom. The van der Waals surface area contributed by atoms with Gasteiger partial charge in [-0.1, -0.05) is 13.3 Å². The van der Waals surface area contributed by atoms with E-state index in [2.05, 4.69) is 29.1 Å². The second-order valence-corrected chi connectivity index (χ2v) is 11.8. The lowest BCUT2D eigenvalue weighted by Crippen LogP contribution is -2.41. The molecule has 0 radical (unpaired) electrons. The third-order valence-corrected chi connectivity index (χ3v) is 8.30. The zero-order valence-electron chi connectivity index (χ0n) is 20.4. The van der Waals surface area contributed by atoms with Gasteiger partial charge in [0.1, 0.15) is 6.10 Å². The third-order valence-electron chi connectivity index (χ3n) is 7.00. The van der Waals surface area contributed by atoms with Crippen LogP contribution in [-0.4, -0.2) is 70.4 Å². The van der Waals surface area contributed by atoms with E-state index in [0.29, 0.717) is 43.7 Å². The van der Waals surface area contributed by atoms with Crippen LogP contribution in [0.4, 0.5) is 5.95 Å². The van der Waals surface area contributed by atoms with Gasteiger partial charge in [0.05, 0.1) is 23.3 Å². The van der Waals surface area contributed by atoms with Crippen LogP contribution in [0.3, 0.4) is 0 Å². The molecule has 4 rings (SSSR count). The smallest absolute Gasteiger partial charge is 0.224 e. The quantitative estimate of drug-likeness (QED) is 0.577. The number of fused-ring (bicyclic) bond motifs is 1. The van der Waals surface area contributed by atoms with E-state index in [4.69, 9.17) is 9.72 Å². The molecule has 1 unspecified atom stereocenters. The molecule has 1 aliphatic heterocycles. The number of ether oxygens (including phenoxy) is 1. The Kier molecular flexibility index (Phi) is 7.89. The van der Waals surface area contributed by atoms with Crippen LogP contribution >= 0.6 is 0 Å². The van der Waals surface area contributed by atoms with E-state index < -0.39 is 10.0 Å². The Hall–Kier alpha value is -2.04. The maximum absolute atomic E-state index is 11.8. The molecule has 10 heteroatoms. The lowest BCUT2D eigenvalue weighted by molar-refractivity contribution is 0.122. The maximum atomic E-state index is 11.8. The van der Waals surface area contributed by atoms with Crippen LogP contribution in [0, 0.1) is 0 Å². The summed E-state index contributed by atoms with van der Waals surface area (Å²) in [7, 11) is -3.18. The van der Waals surface area contributed by atoms with Gasteiger partial charge in [0, 0.05) is 37.1 Å². The molecule has 0 amide bonds. The minimum atomic E-state index is -3.18. The minimum absolute atomic E-state index is 0.105. The fourth-order valence-electron chi connectivity index (χ4n) is 5.03. The highest BCUT2D eigenvalue weighted by atomic mass is 32.2. The number of hydrogen-bond acceptors (Lipinski definition) is 8. The van der Waals surface area contributed by atoms with E-state index in [0.717, 1.165) is 55.0 Å². The van der Waals surface area contributed by atoms with E-state index in [1.807, 2.05) is 6.20 Å². The van der Waals surface area contributed by atoms with Crippen LogP contribution in [0.1, 0.15) is 76.7 Å². The van der Waals surface area contributed by atoms with Gasteiger partial charge in [-0.25, -0.2) is 27.7 Å². The van der Waals surface area contributed by atoms with Gasteiger partial charge in [-0.15, -0.1) is 0 Å². The van der Waals surface area contributed by atoms with Crippen molar-refractivity contribution in [1.29, 1.82) is 0 Å². The number of aliphatic hydroxyl groups excluding tert-OH is 1. The van der Waals surface area contributed by atoms with Crippen LogP contribution in [0.2, 0.25) is 0 Å². The molecule has 1 saturated carbocycles. The van der Waals surface area contributed by atoms with Crippen molar-refractivity contribution in [2.75, 3.05) is 24.7 Å². The van der Waals surface area contributed by atoms with Crippen LogP contribution < -0.4 is 10.1 Å². The predicted octanol–water partition coefficient (Wildman–Crippen LogP) is 3.45. The number of aliphatic hydroxyl groups is 1. The molecule has 1 saturated heterocycles. The monoisotopic (exact) mass is 491 g/mol. The van der Waals surface area contributed by atoms with Crippen molar-refractivity contribution in [3.05, 3.63) is 18.0 Å². The van der Waals surface area contributed by atoms with Crippen LogP contribution in [-0.2, 0) is 10.0 Å². The first-order chi connectivity index (χ1) is 16.2. The van der Waals surface area contributed by atoms with Gasteiger partial charge in [0.2, 0.25) is 21.9 Å². The van der Waals surface area contributed by atoms with E-state index in [9.17, 15) is 13.5 Å². The topological polar surface area (TPSA) is 118 Å². The number of pyridine rings is 1. The normalized spacial score (nSPS) is 23.6. The number of aromatic nitrogens is 3. The lowest BCUT2D eigenvalue weighted by atomic mass is 9.83. The van der Waals surface area contributed by atoms with Crippen molar-refractivity contribution in [2.24, 2.45) is 0 Å². The molecule has 3 heterocycles. The van der Waals surface area contributed by atoms with Crippen molar-refractivity contribution in [1.82, 2.24) is 19.3 Å². The first-order valence-electron chi connectivity index (χ1n) is 12.5. The average Bonchev–Trinajstić information content (AvgIpc) is 2.80. The minimum Gasteiger partial charge on any atom is -0.474 e. The zero-order valence-corrected chi connectivity index (χ0v) is 21.2. The van der Waals surface area contributed by atoms with E-state index in [1.165, 1.54) is 10.6 Å². The number of nitrogens with one attached hydrogen (secondary N) is 1. The van der Waals surface area contributed by atoms with E-state index >= 15 is 0 Å². The number of hydrogen-bond donors (Lipinski definition) is 2. The summed E-state index contributed by atoms with van der Waals surface area (Å²) < 4.78 is 31.4. The lowest BCUT2D eigenvalue weighted by Gasteiger charge is -2.30. The Balaban J connectivity index is 1.61. The highest BCUT2D eigenvalue weighted by molar-refractivity contribution is 7.88. The molecular weight excluding hydrogens is 454 g/mol. The number of nitrogens with zero attached hydrogens (tertiary/aromatic N) is 4. The SMILES string of the molecule is CCCC(C)Nc1ncc2c(OC3CCN(S(C)(=O)=O)CC3)ncc([C@H]3CC[C@H](O)CC3)c2n1. The summed E-state index contributed by atoms with van der Waals surface area (Å²) in [4.78, 5) is 14.1. The van der Waals surface area contributed by atoms with Gasteiger partial charge in [-0.05, 0) is 57.8 Å². The molecule has 2 aliphatic rings. The van der Waals surface area contributed by atoms with Gasteiger partial charge >= 0.3 is 0 Å². The van der Waals surface area contributed by atoms with Crippen molar-refractivity contribution in [2.45, 2.75) is 89.4 Å². The molecule has 9 nitrogen and oxygen atoms in total. The highest BCUT2D eigenvalue weighted by Crippen LogP contribution is 2.38. The molecule has 2 fully saturated rings. The number of piperidine rings is 1. The van der Waals surface area contributed by atoms with Gasteiger partial charge in [-0.2, -0.15) is 0 Å². The Labute approximate surface area is 202 Å². The molecule has 34 heavy (non-hydrogen) atoms. The van der Waals surface area contributed by atoms with Crippen LogP contribution in [0.25, 0.3) is 10.9 Å². The molecule has 0 aromatic carbocycles. The standard InChI is InChI=1S/C24H37N5O4S/c1-4-5-16(2)27-24-26-15-21-22(28-24)20(17-6-8-18(30)9-7-17)14-25-23(21)33-19-10-12-29(13-11-19)34(3,31)32/h14-19,30H,4-13H2,1-3H3,(H,26,27,28)/t16?,17-,18-.